The predicted molar refractivity (Wildman–Crippen MR) is 60.0 cm³/mol. The summed E-state index contributed by atoms with van der Waals surface area (Å²) in [4.78, 5) is 4.10. The Balaban J connectivity index is 2.81. The van der Waals surface area contributed by atoms with Crippen molar-refractivity contribution >= 4 is 5.82 Å². The van der Waals surface area contributed by atoms with Crippen molar-refractivity contribution in [2.75, 3.05) is 12.3 Å². The van der Waals surface area contributed by atoms with Crippen LogP contribution in [-0.4, -0.2) is 11.5 Å². The van der Waals surface area contributed by atoms with Crippen molar-refractivity contribution in [3.05, 3.63) is 23.9 Å². The molecule has 0 fully saturated rings. The van der Waals surface area contributed by atoms with Gasteiger partial charge in [0.05, 0.1) is 0 Å². The molecule has 3 nitrogen and oxygen atoms in total. The summed E-state index contributed by atoms with van der Waals surface area (Å²) in [5.74, 6) is 0.645. The number of nitrogen functional groups attached to an aromatic ring is 1. The molecule has 0 spiro atoms. The minimum absolute atomic E-state index is 0.346. The molecule has 1 aromatic heterocycles. The summed E-state index contributed by atoms with van der Waals surface area (Å²) in [7, 11) is 0. The van der Waals surface area contributed by atoms with Gasteiger partial charge < -0.3 is 11.1 Å². The van der Waals surface area contributed by atoms with Gasteiger partial charge in [0.1, 0.15) is 5.82 Å². The Labute approximate surface area is 85.7 Å². The Morgan fingerprint density at radius 3 is 2.86 bits per heavy atom. The molecule has 78 valence electrons. The number of nitrogens with one attached hydrogen (secondary N) is 1. The van der Waals surface area contributed by atoms with Crippen LogP contribution in [0.4, 0.5) is 5.82 Å². The third-order valence-electron chi connectivity index (χ3n) is 2.27. The monoisotopic (exact) mass is 193 g/mol. The van der Waals surface area contributed by atoms with Crippen molar-refractivity contribution < 1.29 is 0 Å². The first kappa shape index (κ1) is 11.0. The first-order chi connectivity index (χ1) is 6.79. The number of anilines is 1. The standard InChI is InChI=1S/C11H19N3/c1-3-6-10(13-4-2)9-7-5-8-14-11(9)12/h5,7-8,10,13H,3-4,6H2,1-2H3,(H2,12,14). The van der Waals surface area contributed by atoms with E-state index in [0.29, 0.717) is 11.9 Å². The number of nitrogens with zero attached hydrogens (tertiary/aromatic N) is 1. The van der Waals surface area contributed by atoms with Gasteiger partial charge in [0.2, 0.25) is 0 Å². The molecule has 0 amide bonds. The molecule has 0 bridgehead atoms. The van der Waals surface area contributed by atoms with E-state index in [1.165, 1.54) is 0 Å². The maximum atomic E-state index is 5.83. The van der Waals surface area contributed by atoms with Crippen LogP contribution < -0.4 is 11.1 Å². The van der Waals surface area contributed by atoms with Crippen LogP contribution in [0.3, 0.4) is 0 Å². The van der Waals surface area contributed by atoms with Crippen LogP contribution in [0.1, 0.15) is 38.3 Å². The molecule has 0 aliphatic rings. The van der Waals surface area contributed by atoms with Gasteiger partial charge in [-0.3, -0.25) is 0 Å². The summed E-state index contributed by atoms with van der Waals surface area (Å²) in [6, 6.07) is 4.33. The van der Waals surface area contributed by atoms with Crippen LogP contribution in [0.2, 0.25) is 0 Å². The molecule has 1 atom stereocenters. The maximum Gasteiger partial charge on any atom is 0.128 e. The zero-order valence-corrected chi connectivity index (χ0v) is 8.96. The molecule has 1 aromatic rings. The quantitative estimate of drug-likeness (QED) is 0.753. The normalized spacial score (nSPS) is 12.7. The number of nitrogens with two attached hydrogens (primary N) is 1. The van der Waals surface area contributed by atoms with Crippen molar-refractivity contribution in [2.45, 2.75) is 32.7 Å². The summed E-state index contributed by atoms with van der Waals surface area (Å²) in [6.45, 7) is 5.24. The van der Waals surface area contributed by atoms with Gasteiger partial charge in [-0.25, -0.2) is 4.98 Å². The fourth-order valence-electron chi connectivity index (χ4n) is 1.63. The lowest BCUT2D eigenvalue weighted by Gasteiger charge is -2.18. The Bertz CT molecular complexity index is 267. The molecule has 0 saturated carbocycles. The lowest BCUT2D eigenvalue weighted by Crippen LogP contribution is -2.22. The van der Waals surface area contributed by atoms with E-state index in [0.717, 1.165) is 24.9 Å². The van der Waals surface area contributed by atoms with Gasteiger partial charge in [-0.05, 0) is 19.0 Å². The van der Waals surface area contributed by atoms with Gasteiger partial charge in [-0.1, -0.05) is 26.3 Å². The summed E-state index contributed by atoms with van der Waals surface area (Å²) >= 11 is 0. The van der Waals surface area contributed by atoms with Crippen molar-refractivity contribution in [3.8, 4) is 0 Å². The largest absolute Gasteiger partial charge is 0.383 e. The van der Waals surface area contributed by atoms with E-state index in [2.05, 4.69) is 24.1 Å². The Kier molecular flexibility index (Phi) is 4.40. The molecule has 1 unspecified atom stereocenters. The number of rotatable bonds is 5. The van der Waals surface area contributed by atoms with Gasteiger partial charge in [-0.15, -0.1) is 0 Å². The topological polar surface area (TPSA) is 50.9 Å². The summed E-state index contributed by atoms with van der Waals surface area (Å²) < 4.78 is 0. The van der Waals surface area contributed by atoms with E-state index in [1.807, 2.05) is 12.1 Å². The Hall–Kier alpha value is -1.09. The van der Waals surface area contributed by atoms with Crippen molar-refractivity contribution in [2.24, 2.45) is 0 Å². The van der Waals surface area contributed by atoms with Crippen LogP contribution >= 0.6 is 0 Å². The van der Waals surface area contributed by atoms with Crippen LogP contribution in [0.15, 0.2) is 18.3 Å². The van der Waals surface area contributed by atoms with Crippen molar-refractivity contribution in [1.82, 2.24) is 10.3 Å². The average molecular weight is 193 g/mol. The second kappa shape index (κ2) is 5.60. The van der Waals surface area contributed by atoms with E-state index in [-0.39, 0.29) is 0 Å². The highest BCUT2D eigenvalue weighted by atomic mass is 14.9. The highest BCUT2D eigenvalue weighted by molar-refractivity contribution is 5.40. The molecule has 0 aromatic carbocycles. The average Bonchev–Trinajstić information content (AvgIpc) is 2.18. The number of aromatic nitrogens is 1. The lowest BCUT2D eigenvalue weighted by molar-refractivity contribution is 0.509. The molecule has 1 heterocycles. The van der Waals surface area contributed by atoms with Crippen molar-refractivity contribution in [1.29, 1.82) is 0 Å². The van der Waals surface area contributed by atoms with Crippen molar-refractivity contribution in [3.63, 3.8) is 0 Å². The van der Waals surface area contributed by atoms with E-state index >= 15 is 0 Å². The first-order valence-electron chi connectivity index (χ1n) is 5.23. The number of hydrogen-bond donors (Lipinski definition) is 2. The second-order valence-corrected chi connectivity index (χ2v) is 3.38. The van der Waals surface area contributed by atoms with Gasteiger partial charge in [0.25, 0.3) is 0 Å². The zero-order valence-electron chi connectivity index (χ0n) is 8.96. The van der Waals surface area contributed by atoms with E-state index < -0.39 is 0 Å². The van der Waals surface area contributed by atoms with Gasteiger partial charge in [-0.2, -0.15) is 0 Å². The molecule has 0 saturated heterocycles. The minimum atomic E-state index is 0.346. The molecule has 0 aliphatic carbocycles. The van der Waals surface area contributed by atoms with Crippen LogP contribution in [0.5, 0.6) is 0 Å². The molecule has 0 radical (unpaired) electrons. The molecule has 0 aliphatic heterocycles. The molecule has 3 N–H and O–H groups in total. The molecule has 3 heteroatoms. The second-order valence-electron chi connectivity index (χ2n) is 3.38. The molecule has 14 heavy (non-hydrogen) atoms. The SMILES string of the molecule is CCCC(NCC)c1cccnc1N. The number of pyridine rings is 1. The Morgan fingerprint density at radius 2 is 2.29 bits per heavy atom. The van der Waals surface area contributed by atoms with Gasteiger partial charge in [0.15, 0.2) is 0 Å². The minimum Gasteiger partial charge on any atom is -0.383 e. The third kappa shape index (κ3) is 2.70. The highest BCUT2D eigenvalue weighted by Crippen LogP contribution is 2.21. The van der Waals surface area contributed by atoms with Gasteiger partial charge in [0, 0.05) is 17.8 Å². The first-order valence-corrected chi connectivity index (χ1v) is 5.23. The van der Waals surface area contributed by atoms with E-state index in [1.54, 1.807) is 6.20 Å². The van der Waals surface area contributed by atoms with Gasteiger partial charge >= 0.3 is 0 Å². The smallest absolute Gasteiger partial charge is 0.128 e. The van der Waals surface area contributed by atoms with Crippen LogP contribution in [-0.2, 0) is 0 Å². The maximum absolute atomic E-state index is 5.83. The zero-order chi connectivity index (χ0) is 10.4. The fraction of sp³-hybridized carbons (Fsp3) is 0.545. The summed E-state index contributed by atoms with van der Waals surface area (Å²) in [5, 5.41) is 3.42. The van der Waals surface area contributed by atoms with Crippen LogP contribution in [0, 0.1) is 0 Å². The number of hydrogen-bond acceptors (Lipinski definition) is 3. The molecule has 1 rings (SSSR count). The Morgan fingerprint density at radius 1 is 1.50 bits per heavy atom. The third-order valence-corrected chi connectivity index (χ3v) is 2.27. The highest BCUT2D eigenvalue weighted by Gasteiger charge is 2.11. The summed E-state index contributed by atoms with van der Waals surface area (Å²) in [5.41, 5.74) is 6.95. The molecular formula is C11H19N3. The predicted octanol–water partition coefficient (Wildman–Crippen LogP) is 2.11. The summed E-state index contributed by atoms with van der Waals surface area (Å²) in [6.07, 6.45) is 3.98. The van der Waals surface area contributed by atoms with E-state index in [4.69, 9.17) is 5.73 Å². The lowest BCUT2D eigenvalue weighted by atomic mass is 10.0. The molecular weight excluding hydrogens is 174 g/mol. The fourth-order valence-corrected chi connectivity index (χ4v) is 1.63. The van der Waals surface area contributed by atoms with E-state index in [9.17, 15) is 0 Å². The van der Waals surface area contributed by atoms with Crippen LogP contribution in [0.25, 0.3) is 0 Å².